The van der Waals surface area contributed by atoms with Crippen LogP contribution in [-0.2, 0) is 6.42 Å². The highest BCUT2D eigenvalue weighted by Gasteiger charge is 2.03. The molecule has 2 aromatic rings. The zero-order valence-electron chi connectivity index (χ0n) is 9.64. The van der Waals surface area contributed by atoms with Crippen molar-refractivity contribution < 1.29 is 4.74 Å². The quantitative estimate of drug-likeness (QED) is 0.767. The predicted molar refractivity (Wildman–Crippen MR) is 67.0 cm³/mol. The molecular formula is C12H14ClN3O. The van der Waals surface area contributed by atoms with Crippen molar-refractivity contribution in [2.75, 3.05) is 13.0 Å². The maximum atomic E-state index is 5.64. The van der Waals surface area contributed by atoms with E-state index in [4.69, 9.17) is 16.3 Å². The highest BCUT2D eigenvalue weighted by atomic mass is 35.5. The number of rotatable bonds is 5. The Hall–Kier alpha value is -1.55. The van der Waals surface area contributed by atoms with E-state index in [1.807, 2.05) is 30.5 Å². The van der Waals surface area contributed by atoms with Crippen LogP contribution in [0.15, 0.2) is 30.5 Å². The van der Waals surface area contributed by atoms with Gasteiger partial charge in [0.25, 0.3) is 0 Å². The van der Waals surface area contributed by atoms with E-state index < -0.39 is 0 Å². The molecule has 0 saturated carbocycles. The molecular weight excluding hydrogens is 238 g/mol. The molecule has 0 spiro atoms. The van der Waals surface area contributed by atoms with E-state index in [0.29, 0.717) is 5.88 Å². The smallest absolute Gasteiger partial charge is 0.121 e. The van der Waals surface area contributed by atoms with Gasteiger partial charge in [-0.2, -0.15) is 0 Å². The summed E-state index contributed by atoms with van der Waals surface area (Å²) >= 11 is 5.64. The van der Waals surface area contributed by atoms with Crippen molar-refractivity contribution in [1.29, 1.82) is 0 Å². The molecule has 5 heteroatoms. The maximum absolute atomic E-state index is 5.64. The Morgan fingerprint density at radius 2 is 2.29 bits per heavy atom. The Kier molecular flexibility index (Phi) is 3.98. The van der Waals surface area contributed by atoms with E-state index in [0.717, 1.165) is 30.0 Å². The van der Waals surface area contributed by atoms with Gasteiger partial charge in [-0.05, 0) is 25.0 Å². The van der Waals surface area contributed by atoms with E-state index in [-0.39, 0.29) is 0 Å². The SMILES string of the molecule is COc1cccc(-n2cc(CCCCl)nn2)c1. The van der Waals surface area contributed by atoms with Gasteiger partial charge in [-0.15, -0.1) is 16.7 Å². The summed E-state index contributed by atoms with van der Waals surface area (Å²) in [4.78, 5) is 0. The van der Waals surface area contributed by atoms with Gasteiger partial charge in [0, 0.05) is 11.9 Å². The summed E-state index contributed by atoms with van der Waals surface area (Å²) in [5.41, 5.74) is 1.89. The molecule has 0 fully saturated rings. The second-order valence-corrected chi connectivity index (χ2v) is 4.03. The van der Waals surface area contributed by atoms with Gasteiger partial charge in [-0.25, -0.2) is 4.68 Å². The number of methoxy groups -OCH3 is 1. The number of benzene rings is 1. The van der Waals surface area contributed by atoms with Crippen LogP contribution in [0.5, 0.6) is 5.75 Å². The number of nitrogens with zero attached hydrogens (tertiary/aromatic N) is 3. The fourth-order valence-electron chi connectivity index (χ4n) is 1.54. The molecule has 0 aliphatic heterocycles. The fourth-order valence-corrected chi connectivity index (χ4v) is 1.67. The van der Waals surface area contributed by atoms with Gasteiger partial charge in [-0.1, -0.05) is 11.3 Å². The van der Waals surface area contributed by atoms with Crippen LogP contribution in [0.25, 0.3) is 5.69 Å². The molecule has 0 unspecified atom stereocenters. The molecule has 1 heterocycles. The zero-order chi connectivity index (χ0) is 12.1. The first-order valence-electron chi connectivity index (χ1n) is 5.45. The summed E-state index contributed by atoms with van der Waals surface area (Å²) in [7, 11) is 1.65. The van der Waals surface area contributed by atoms with Gasteiger partial charge < -0.3 is 4.74 Å². The standard InChI is InChI=1S/C12H14ClN3O/c1-17-12-6-2-5-11(8-12)16-9-10(14-15-16)4-3-7-13/h2,5-6,8-9H,3-4,7H2,1H3. The van der Waals surface area contributed by atoms with E-state index in [1.54, 1.807) is 11.8 Å². The first-order chi connectivity index (χ1) is 8.33. The lowest BCUT2D eigenvalue weighted by Crippen LogP contribution is -1.95. The number of hydrogen-bond acceptors (Lipinski definition) is 3. The molecule has 0 amide bonds. The van der Waals surface area contributed by atoms with Crippen LogP contribution in [0.1, 0.15) is 12.1 Å². The van der Waals surface area contributed by atoms with Crippen LogP contribution >= 0.6 is 11.6 Å². The zero-order valence-corrected chi connectivity index (χ0v) is 10.4. The van der Waals surface area contributed by atoms with Crippen molar-refractivity contribution in [1.82, 2.24) is 15.0 Å². The minimum absolute atomic E-state index is 0.645. The third-order valence-corrected chi connectivity index (χ3v) is 2.69. The van der Waals surface area contributed by atoms with E-state index in [9.17, 15) is 0 Å². The summed E-state index contributed by atoms with van der Waals surface area (Å²) in [5.74, 6) is 1.45. The van der Waals surface area contributed by atoms with Gasteiger partial charge in [0.15, 0.2) is 0 Å². The van der Waals surface area contributed by atoms with Gasteiger partial charge in [0.05, 0.1) is 24.7 Å². The molecule has 0 aliphatic carbocycles. The highest BCUT2D eigenvalue weighted by Crippen LogP contribution is 2.15. The first kappa shape index (κ1) is 11.9. The van der Waals surface area contributed by atoms with Crippen LogP contribution in [0.3, 0.4) is 0 Å². The Morgan fingerprint density at radius 1 is 1.41 bits per heavy atom. The first-order valence-corrected chi connectivity index (χ1v) is 5.98. The highest BCUT2D eigenvalue weighted by molar-refractivity contribution is 6.17. The summed E-state index contributed by atoms with van der Waals surface area (Å²) < 4.78 is 6.91. The van der Waals surface area contributed by atoms with Crippen molar-refractivity contribution in [2.45, 2.75) is 12.8 Å². The lowest BCUT2D eigenvalue weighted by molar-refractivity contribution is 0.414. The molecule has 1 aromatic carbocycles. The topological polar surface area (TPSA) is 39.9 Å². The molecule has 0 N–H and O–H groups in total. The molecule has 0 aliphatic rings. The molecule has 17 heavy (non-hydrogen) atoms. The number of hydrogen-bond donors (Lipinski definition) is 0. The predicted octanol–water partition coefficient (Wildman–Crippen LogP) is 2.45. The molecule has 0 saturated heterocycles. The normalized spacial score (nSPS) is 10.5. The Morgan fingerprint density at radius 3 is 3.06 bits per heavy atom. The average Bonchev–Trinajstić information content (AvgIpc) is 2.85. The minimum atomic E-state index is 0.645. The Labute approximate surface area is 105 Å². The molecule has 0 radical (unpaired) electrons. The average molecular weight is 252 g/mol. The van der Waals surface area contributed by atoms with Crippen molar-refractivity contribution in [2.24, 2.45) is 0 Å². The van der Waals surface area contributed by atoms with Gasteiger partial charge in [0.1, 0.15) is 5.75 Å². The van der Waals surface area contributed by atoms with E-state index in [2.05, 4.69) is 10.3 Å². The van der Waals surface area contributed by atoms with Crippen LogP contribution in [0.4, 0.5) is 0 Å². The van der Waals surface area contributed by atoms with Gasteiger partial charge in [0.2, 0.25) is 0 Å². The van der Waals surface area contributed by atoms with Gasteiger partial charge >= 0.3 is 0 Å². The van der Waals surface area contributed by atoms with Crippen LogP contribution < -0.4 is 4.74 Å². The third-order valence-electron chi connectivity index (χ3n) is 2.43. The van der Waals surface area contributed by atoms with E-state index in [1.165, 1.54) is 0 Å². The van der Waals surface area contributed by atoms with Gasteiger partial charge in [-0.3, -0.25) is 0 Å². The summed E-state index contributed by atoms with van der Waals surface area (Å²) in [5, 5.41) is 8.18. The van der Waals surface area contributed by atoms with Crippen molar-refractivity contribution >= 4 is 11.6 Å². The second kappa shape index (κ2) is 5.68. The molecule has 0 atom stereocenters. The molecule has 4 nitrogen and oxygen atoms in total. The number of alkyl halides is 1. The maximum Gasteiger partial charge on any atom is 0.121 e. The van der Waals surface area contributed by atoms with E-state index >= 15 is 0 Å². The van der Waals surface area contributed by atoms with Crippen LogP contribution in [-0.4, -0.2) is 28.0 Å². The fraction of sp³-hybridized carbons (Fsp3) is 0.333. The van der Waals surface area contributed by atoms with Crippen LogP contribution in [0.2, 0.25) is 0 Å². The summed E-state index contributed by atoms with van der Waals surface area (Å²) in [6, 6.07) is 7.70. The summed E-state index contributed by atoms with van der Waals surface area (Å²) in [6.45, 7) is 0. The minimum Gasteiger partial charge on any atom is -0.497 e. The summed E-state index contributed by atoms with van der Waals surface area (Å²) in [6.07, 6.45) is 3.69. The van der Waals surface area contributed by atoms with Crippen molar-refractivity contribution in [3.8, 4) is 11.4 Å². The monoisotopic (exact) mass is 251 g/mol. The molecule has 90 valence electrons. The lowest BCUT2D eigenvalue weighted by atomic mass is 10.2. The van der Waals surface area contributed by atoms with Crippen molar-refractivity contribution in [3.63, 3.8) is 0 Å². The number of halogens is 1. The molecule has 0 bridgehead atoms. The largest absolute Gasteiger partial charge is 0.497 e. The van der Waals surface area contributed by atoms with Crippen LogP contribution in [0, 0.1) is 0 Å². The Bertz CT molecular complexity index is 484. The number of aromatic nitrogens is 3. The third kappa shape index (κ3) is 2.97. The number of ether oxygens (including phenoxy) is 1. The second-order valence-electron chi connectivity index (χ2n) is 3.65. The lowest BCUT2D eigenvalue weighted by Gasteiger charge is -2.02. The number of aryl methyl sites for hydroxylation is 1. The molecule has 2 rings (SSSR count). The Balaban J connectivity index is 2.18. The van der Waals surface area contributed by atoms with Crippen molar-refractivity contribution in [3.05, 3.63) is 36.2 Å². The molecule has 1 aromatic heterocycles.